The molecule has 1 aromatic carbocycles. The van der Waals surface area contributed by atoms with Gasteiger partial charge in [0.2, 0.25) is 0 Å². The Bertz CT molecular complexity index is 665. The van der Waals surface area contributed by atoms with Crippen LogP contribution in [-0.4, -0.2) is 20.9 Å². The third-order valence-electron chi connectivity index (χ3n) is 2.78. The molecular weight excluding hydrogens is 230 g/mol. The van der Waals surface area contributed by atoms with Crippen molar-refractivity contribution in [2.24, 2.45) is 0 Å². The highest BCUT2D eigenvalue weighted by Gasteiger charge is 2.19. The number of hydrogen-bond acceptors (Lipinski definition) is 3. The molecule has 0 saturated carbocycles. The summed E-state index contributed by atoms with van der Waals surface area (Å²) in [6.45, 7) is 3.48. The van der Waals surface area contributed by atoms with Gasteiger partial charge in [0.15, 0.2) is 5.69 Å². The van der Waals surface area contributed by atoms with Crippen molar-refractivity contribution in [2.45, 2.75) is 13.8 Å². The Morgan fingerprint density at radius 3 is 2.78 bits per heavy atom. The third-order valence-corrected chi connectivity index (χ3v) is 2.78. The molecule has 0 aliphatic rings. The molecule has 0 unspecified atom stereocenters. The van der Waals surface area contributed by atoms with E-state index < -0.39 is 5.97 Å². The Kier molecular flexibility index (Phi) is 2.86. The first-order chi connectivity index (χ1) is 8.54. The summed E-state index contributed by atoms with van der Waals surface area (Å²) in [5, 5.41) is 22.3. The molecule has 2 aromatic rings. The van der Waals surface area contributed by atoms with Crippen LogP contribution in [0.4, 0.5) is 0 Å². The zero-order valence-electron chi connectivity index (χ0n) is 10.0. The third kappa shape index (κ3) is 1.84. The summed E-state index contributed by atoms with van der Waals surface area (Å²) in [6, 6.07) is 8.71. The number of hydrogen-bond donors (Lipinski definition) is 1. The van der Waals surface area contributed by atoms with Gasteiger partial charge in [-0.1, -0.05) is 6.07 Å². The quantitative estimate of drug-likeness (QED) is 0.872. The van der Waals surface area contributed by atoms with Crippen LogP contribution in [0.3, 0.4) is 0 Å². The number of carboxylic acid groups (broad SMARTS) is 1. The van der Waals surface area contributed by atoms with Gasteiger partial charge in [-0.3, -0.25) is 0 Å². The van der Waals surface area contributed by atoms with Crippen molar-refractivity contribution in [1.29, 1.82) is 5.26 Å². The molecule has 0 atom stereocenters. The summed E-state index contributed by atoms with van der Waals surface area (Å²) in [5.74, 6) is -1.03. The van der Waals surface area contributed by atoms with E-state index in [1.807, 2.05) is 6.07 Å². The maximum Gasteiger partial charge on any atom is 0.354 e. The lowest BCUT2D eigenvalue weighted by atomic mass is 10.2. The summed E-state index contributed by atoms with van der Waals surface area (Å²) in [4.78, 5) is 11.3. The molecule has 1 N–H and O–H groups in total. The Balaban J connectivity index is 2.68. The summed E-state index contributed by atoms with van der Waals surface area (Å²) in [6.07, 6.45) is 0. The molecule has 5 nitrogen and oxygen atoms in total. The van der Waals surface area contributed by atoms with Crippen LogP contribution in [-0.2, 0) is 0 Å². The lowest BCUT2D eigenvalue weighted by molar-refractivity contribution is 0.0686. The van der Waals surface area contributed by atoms with Gasteiger partial charge in [0, 0.05) is 5.56 Å². The number of carboxylic acids is 1. The van der Waals surface area contributed by atoms with Gasteiger partial charge in [-0.25, -0.2) is 9.48 Å². The molecule has 0 aliphatic carbocycles. The van der Waals surface area contributed by atoms with E-state index >= 15 is 0 Å². The fourth-order valence-electron chi connectivity index (χ4n) is 1.75. The summed E-state index contributed by atoms with van der Waals surface area (Å²) in [7, 11) is 0. The molecule has 1 heterocycles. The van der Waals surface area contributed by atoms with Gasteiger partial charge in [0.1, 0.15) is 0 Å². The van der Waals surface area contributed by atoms with Crippen LogP contribution in [0, 0.1) is 25.2 Å². The highest BCUT2D eigenvalue weighted by molar-refractivity contribution is 5.88. The van der Waals surface area contributed by atoms with Crippen molar-refractivity contribution in [3.05, 3.63) is 46.8 Å². The average Bonchev–Trinajstić information content (AvgIpc) is 2.66. The van der Waals surface area contributed by atoms with Crippen molar-refractivity contribution in [1.82, 2.24) is 9.78 Å². The second-order valence-corrected chi connectivity index (χ2v) is 3.94. The predicted octanol–water partition coefficient (Wildman–Crippen LogP) is 2.06. The highest BCUT2D eigenvalue weighted by atomic mass is 16.4. The first-order valence-corrected chi connectivity index (χ1v) is 5.34. The van der Waals surface area contributed by atoms with Gasteiger partial charge in [-0.05, 0) is 32.0 Å². The summed E-state index contributed by atoms with van der Waals surface area (Å²) in [5.41, 5.74) is 2.46. The molecule has 90 valence electrons. The normalized spacial score (nSPS) is 10.1. The van der Waals surface area contributed by atoms with Gasteiger partial charge in [0.25, 0.3) is 0 Å². The number of aromatic carboxylic acids is 1. The molecular formula is C13H11N3O2. The Labute approximate surface area is 104 Å². The number of carbonyl (C=O) groups is 1. The van der Waals surface area contributed by atoms with E-state index in [2.05, 4.69) is 5.10 Å². The summed E-state index contributed by atoms with van der Waals surface area (Å²) >= 11 is 0. The van der Waals surface area contributed by atoms with Crippen LogP contribution in [0.2, 0.25) is 0 Å². The molecule has 5 heteroatoms. The van der Waals surface area contributed by atoms with Gasteiger partial charge in [0.05, 0.1) is 23.0 Å². The molecule has 0 spiro atoms. The Morgan fingerprint density at radius 2 is 2.17 bits per heavy atom. The summed E-state index contributed by atoms with van der Waals surface area (Å²) < 4.78 is 1.36. The first-order valence-electron chi connectivity index (χ1n) is 5.34. The number of benzene rings is 1. The van der Waals surface area contributed by atoms with Crippen molar-refractivity contribution >= 4 is 5.97 Å². The maximum absolute atomic E-state index is 11.3. The van der Waals surface area contributed by atoms with E-state index in [0.717, 1.165) is 0 Å². The molecule has 0 bridgehead atoms. The topological polar surface area (TPSA) is 78.9 Å². The minimum absolute atomic E-state index is 0.127. The molecule has 0 amide bonds. The van der Waals surface area contributed by atoms with Gasteiger partial charge in [-0.2, -0.15) is 10.4 Å². The minimum atomic E-state index is -1.03. The van der Waals surface area contributed by atoms with Crippen LogP contribution in [0.1, 0.15) is 27.3 Å². The van der Waals surface area contributed by atoms with Crippen molar-refractivity contribution in [3.63, 3.8) is 0 Å². The smallest absolute Gasteiger partial charge is 0.354 e. The SMILES string of the molecule is Cc1nn(-c2cccc(C#N)c2)c(C(=O)O)c1C. The fourth-order valence-corrected chi connectivity index (χ4v) is 1.75. The molecule has 0 aliphatic heterocycles. The minimum Gasteiger partial charge on any atom is -0.477 e. The molecule has 0 saturated heterocycles. The van der Waals surface area contributed by atoms with Crippen LogP contribution in [0.25, 0.3) is 5.69 Å². The number of aryl methyl sites for hydroxylation is 1. The van der Waals surface area contributed by atoms with Crippen molar-refractivity contribution < 1.29 is 9.90 Å². The van der Waals surface area contributed by atoms with Crippen molar-refractivity contribution in [3.8, 4) is 11.8 Å². The standard InChI is InChI=1S/C13H11N3O2/c1-8-9(2)15-16(12(8)13(17)18)11-5-3-4-10(6-11)7-14/h3-6H,1-2H3,(H,17,18). The van der Waals surface area contributed by atoms with Gasteiger partial charge in [-0.15, -0.1) is 0 Å². The second-order valence-electron chi connectivity index (χ2n) is 3.94. The van der Waals surface area contributed by atoms with E-state index in [-0.39, 0.29) is 5.69 Å². The number of nitrogens with zero attached hydrogens (tertiary/aromatic N) is 3. The van der Waals surface area contributed by atoms with Crippen LogP contribution in [0.5, 0.6) is 0 Å². The molecule has 2 rings (SSSR count). The molecule has 0 radical (unpaired) electrons. The Morgan fingerprint density at radius 1 is 1.44 bits per heavy atom. The number of rotatable bonds is 2. The second kappa shape index (κ2) is 4.34. The maximum atomic E-state index is 11.3. The zero-order valence-corrected chi connectivity index (χ0v) is 10.0. The van der Waals surface area contributed by atoms with Crippen LogP contribution < -0.4 is 0 Å². The van der Waals surface area contributed by atoms with E-state index in [1.165, 1.54) is 4.68 Å². The lowest BCUT2D eigenvalue weighted by Crippen LogP contribution is -2.09. The Hall–Kier alpha value is -2.61. The number of nitriles is 1. The fraction of sp³-hybridized carbons (Fsp3) is 0.154. The molecule has 0 fully saturated rings. The number of aromatic nitrogens is 2. The average molecular weight is 241 g/mol. The molecule has 18 heavy (non-hydrogen) atoms. The van der Waals surface area contributed by atoms with E-state index in [9.17, 15) is 9.90 Å². The zero-order chi connectivity index (χ0) is 13.3. The lowest BCUT2D eigenvalue weighted by Gasteiger charge is -2.04. The van der Waals surface area contributed by atoms with Crippen LogP contribution in [0.15, 0.2) is 24.3 Å². The van der Waals surface area contributed by atoms with E-state index in [4.69, 9.17) is 5.26 Å². The van der Waals surface area contributed by atoms with Gasteiger partial charge >= 0.3 is 5.97 Å². The predicted molar refractivity (Wildman–Crippen MR) is 64.7 cm³/mol. The highest BCUT2D eigenvalue weighted by Crippen LogP contribution is 2.18. The van der Waals surface area contributed by atoms with E-state index in [0.29, 0.717) is 22.5 Å². The van der Waals surface area contributed by atoms with Gasteiger partial charge < -0.3 is 5.11 Å². The monoisotopic (exact) mass is 241 g/mol. The molecule has 1 aromatic heterocycles. The first kappa shape index (κ1) is 11.9. The van der Waals surface area contributed by atoms with E-state index in [1.54, 1.807) is 38.1 Å². The van der Waals surface area contributed by atoms with Crippen LogP contribution >= 0.6 is 0 Å². The van der Waals surface area contributed by atoms with Crippen molar-refractivity contribution in [2.75, 3.05) is 0 Å². The largest absolute Gasteiger partial charge is 0.477 e.